The summed E-state index contributed by atoms with van der Waals surface area (Å²) in [4.78, 5) is 12.1. The normalized spacial score (nSPS) is 20.8. The Balaban J connectivity index is 1.98. The molecule has 4 heteroatoms. The highest BCUT2D eigenvalue weighted by Gasteiger charge is 2.23. The zero-order valence-electron chi connectivity index (χ0n) is 11.6. The molecule has 0 radical (unpaired) electrons. The summed E-state index contributed by atoms with van der Waals surface area (Å²) in [5.74, 6) is -0.0281. The maximum absolute atomic E-state index is 12.1. The van der Waals surface area contributed by atoms with Crippen LogP contribution in [0.5, 0.6) is 0 Å². The summed E-state index contributed by atoms with van der Waals surface area (Å²) in [6.45, 7) is 6.14. The molecule has 2 atom stereocenters. The Bertz CT molecular complexity index is 411. The number of amides is 1. The van der Waals surface area contributed by atoms with Crippen LogP contribution in [-0.4, -0.2) is 31.7 Å². The molecule has 1 amide bonds. The van der Waals surface area contributed by atoms with E-state index in [4.69, 9.17) is 4.74 Å². The Hall–Kier alpha value is -1.39. The molecule has 0 saturated carbocycles. The van der Waals surface area contributed by atoms with Gasteiger partial charge in [-0.3, -0.25) is 4.79 Å². The van der Waals surface area contributed by atoms with Crippen molar-refractivity contribution in [3.05, 3.63) is 35.4 Å². The molecule has 2 rings (SSSR count). The number of benzene rings is 1. The van der Waals surface area contributed by atoms with Gasteiger partial charge in [-0.2, -0.15) is 0 Å². The van der Waals surface area contributed by atoms with E-state index in [0.29, 0.717) is 13.2 Å². The molecule has 1 aliphatic rings. The van der Waals surface area contributed by atoms with Crippen LogP contribution in [0.15, 0.2) is 24.3 Å². The molecule has 19 heavy (non-hydrogen) atoms. The fraction of sp³-hybridized carbons (Fsp3) is 0.533. The zero-order chi connectivity index (χ0) is 13.7. The molecule has 2 unspecified atom stereocenters. The van der Waals surface area contributed by atoms with E-state index in [0.717, 1.165) is 18.5 Å². The number of nitrogens with one attached hydrogen (secondary N) is 2. The monoisotopic (exact) mass is 262 g/mol. The van der Waals surface area contributed by atoms with Crippen molar-refractivity contribution in [3.8, 4) is 0 Å². The summed E-state index contributed by atoms with van der Waals surface area (Å²) >= 11 is 0. The maximum Gasteiger partial charge on any atom is 0.250 e. The van der Waals surface area contributed by atoms with Crippen LogP contribution < -0.4 is 10.6 Å². The smallest absolute Gasteiger partial charge is 0.250 e. The van der Waals surface area contributed by atoms with E-state index in [1.54, 1.807) is 0 Å². The highest BCUT2D eigenvalue weighted by molar-refractivity contribution is 5.81. The molecule has 0 bridgehead atoms. The Morgan fingerprint density at radius 2 is 2.21 bits per heavy atom. The van der Waals surface area contributed by atoms with Crippen LogP contribution in [0.25, 0.3) is 0 Å². The second-order valence-corrected chi connectivity index (χ2v) is 4.94. The van der Waals surface area contributed by atoms with Gasteiger partial charge in [-0.15, -0.1) is 0 Å². The lowest BCUT2D eigenvalue weighted by Gasteiger charge is -2.25. The molecule has 0 aliphatic carbocycles. The average Bonchev–Trinajstić information content (AvgIpc) is 2.46. The van der Waals surface area contributed by atoms with Crippen molar-refractivity contribution in [1.82, 2.24) is 10.6 Å². The summed E-state index contributed by atoms with van der Waals surface area (Å²) in [7, 11) is 0. The lowest BCUT2D eigenvalue weighted by molar-refractivity contribution is -0.135. The first-order valence-electron chi connectivity index (χ1n) is 6.90. The highest BCUT2D eigenvalue weighted by Crippen LogP contribution is 2.17. The Kier molecular flexibility index (Phi) is 4.93. The highest BCUT2D eigenvalue weighted by atomic mass is 16.5. The minimum Gasteiger partial charge on any atom is -0.366 e. The second kappa shape index (κ2) is 6.68. The van der Waals surface area contributed by atoms with Crippen LogP contribution in [0, 0.1) is 6.92 Å². The van der Waals surface area contributed by atoms with Crippen LogP contribution in [0.4, 0.5) is 0 Å². The first kappa shape index (κ1) is 14.0. The SMILES string of the molecule is CCC(NC(=O)C1CNCCO1)c1ccc(C)cc1. The van der Waals surface area contributed by atoms with Crippen molar-refractivity contribution in [3.63, 3.8) is 0 Å². The molecule has 0 aromatic heterocycles. The van der Waals surface area contributed by atoms with Crippen LogP contribution in [0.3, 0.4) is 0 Å². The first-order chi connectivity index (χ1) is 9.20. The van der Waals surface area contributed by atoms with Crippen molar-refractivity contribution in [2.24, 2.45) is 0 Å². The first-order valence-corrected chi connectivity index (χ1v) is 6.90. The molecule has 2 N–H and O–H groups in total. The van der Waals surface area contributed by atoms with Gasteiger partial charge in [-0.05, 0) is 18.9 Å². The molecular weight excluding hydrogens is 240 g/mol. The van der Waals surface area contributed by atoms with Gasteiger partial charge in [0, 0.05) is 13.1 Å². The van der Waals surface area contributed by atoms with Crippen molar-refractivity contribution >= 4 is 5.91 Å². The van der Waals surface area contributed by atoms with Crippen molar-refractivity contribution in [2.45, 2.75) is 32.4 Å². The summed E-state index contributed by atoms with van der Waals surface area (Å²) in [6, 6.07) is 8.35. The van der Waals surface area contributed by atoms with Crippen LogP contribution in [-0.2, 0) is 9.53 Å². The summed E-state index contributed by atoms with van der Waals surface area (Å²) in [5.41, 5.74) is 2.37. The molecule has 1 aliphatic heterocycles. The van der Waals surface area contributed by atoms with Crippen molar-refractivity contribution in [2.75, 3.05) is 19.7 Å². The van der Waals surface area contributed by atoms with Crippen molar-refractivity contribution < 1.29 is 9.53 Å². The van der Waals surface area contributed by atoms with E-state index >= 15 is 0 Å². The standard InChI is InChI=1S/C15H22N2O2/c1-3-13(12-6-4-11(2)5-7-12)17-15(18)14-10-16-8-9-19-14/h4-7,13-14,16H,3,8-10H2,1-2H3,(H,17,18). The number of morpholine rings is 1. The molecule has 1 heterocycles. The minimum absolute atomic E-state index is 0.0281. The average molecular weight is 262 g/mol. The largest absolute Gasteiger partial charge is 0.366 e. The van der Waals surface area contributed by atoms with E-state index in [2.05, 4.69) is 48.7 Å². The minimum atomic E-state index is -0.367. The number of aryl methyl sites for hydroxylation is 1. The van der Waals surface area contributed by atoms with E-state index in [9.17, 15) is 4.79 Å². The Morgan fingerprint density at radius 1 is 1.47 bits per heavy atom. The van der Waals surface area contributed by atoms with E-state index in [-0.39, 0.29) is 18.1 Å². The fourth-order valence-electron chi connectivity index (χ4n) is 2.22. The third-order valence-corrected chi connectivity index (χ3v) is 3.42. The Morgan fingerprint density at radius 3 is 2.79 bits per heavy atom. The molecule has 104 valence electrons. The van der Waals surface area contributed by atoms with Gasteiger partial charge >= 0.3 is 0 Å². The molecule has 1 aromatic carbocycles. The quantitative estimate of drug-likeness (QED) is 0.865. The maximum atomic E-state index is 12.1. The topological polar surface area (TPSA) is 50.4 Å². The van der Waals surface area contributed by atoms with Crippen LogP contribution in [0.1, 0.15) is 30.5 Å². The number of carbonyl (C=O) groups excluding carboxylic acids is 1. The van der Waals surface area contributed by atoms with Crippen LogP contribution >= 0.6 is 0 Å². The van der Waals surface area contributed by atoms with Gasteiger partial charge < -0.3 is 15.4 Å². The molecular formula is C15H22N2O2. The predicted molar refractivity (Wildman–Crippen MR) is 75.0 cm³/mol. The van der Waals surface area contributed by atoms with Gasteiger partial charge in [-0.25, -0.2) is 0 Å². The van der Waals surface area contributed by atoms with E-state index in [1.807, 2.05) is 0 Å². The zero-order valence-corrected chi connectivity index (χ0v) is 11.6. The number of ether oxygens (including phenoxy) is 1. The number of hydrogen-bond donors (Lipinski definition) is 2. The lowest BCUT2D eigenvalue weighted by atomic mass is 10.0. The number of rotatable bonds is 4. The number of hydrogen-bond acceptors (Lipinski definition) is 3. The van der Waals surface area contributed by atoms with E-state index < -0.39 is 0 Å². The molecule has 1 fully saturated rings. The summed E-state index contributed by atoms with van der Waals surface area (Å²) < 4.78 is 5.47. The van der Waals surface area contributed by atoms with Gasteiger partial charge in [0.15, 0.2) is 0 Å². The van der Waals surface area contributed by atoms with Gasteiger partial charge in [0.1, 0.15) is 6.10 Å². The Labute approximate surface area is 114 Å². The van der Waals surface area contributed by atoms with Crippen molar-refractivity contribution in [1.29, 1.82) is 0 Å². The second-order valence-electron chi connectivity index (χ2n) is 4.94. The third-order valence-electron chi connectivity index (χ3n) is 3.42. The summed E-state index contributed by atoms with van der Waals surface area (Å²) in [5, 5.41) is 6.24. The van der Waals surface area contributed by atoms with Gasteiger partial charge in [0.25, 0.3) is 5.91 Å². The molecule has 4 nitrogen and oxygen atoms in total. The van der Waals surface area contributed by atoms with Crippen LogP contribution in [0.2, 0.25) is 0 Å². The number of carbonyl (C=O) groups is 1. The van der Waals surface area contributed by atoms with Gasteiger partial charge in [0.2, 0.25) is 0 Å². The van der Waals surface area contributed by atoms with Gasteiger partial charge in [0.05, 0.1) is 12.6 Å². The predicted octanol–water partition coefficient (Wildman–Crippen LogP) is 1.55. The molecule has 1 aromatic rings. The van der Waals surface area contributed by atoms with Gasteiger partial charge in [-0.1, -0.05) is 36.8 Å². The van der Waals surface area contributed by atoms with E-state index in [1.165, 1.54) is 5.56 Å². The summed E-state index contributed by atoms with van der Waals surface area (Å²) in [6.07, 6.45) is 0.503. The molecule has 0 spiro atoms. The lowest BCUT2D eigenvalue weighted by Crippen LogP contribution is -2.48. The fourth-order valence-corrected chi connectivity index (χ4v) is 2.22. The molecule has 1 saturated heterocycles. The third kappa shape index (κ3) is 3.78.